The average Bonchev–Trinajstić information content (AvgIpc) is 2.39. The van der Waals surface area contributed by atoms with Crippen LogP contribution in [0.1, 0.15) is 18.4 Å². The molecule has 1 saturated heterocycles. The number of nitrogens with zero attached hydrogens (tertiary/aromatic N) is 3. The van der Waals surface area contributed by atoms with Crippen LogP contribution in [0.15, 0.2) is 12.3 Å². The molecular formula is C11H12N4O3. The Labute approximate surface area is 104 Å². The predicted molar refractivity (Wildman–Crippen MR) is 63.1 cm³/mol. The van der Waals surface area contributed by atoms with Gasteiger partial charge in [-0.25, -0.2) is 4.98 Å². The van der Waals surface area contributed by atoms with Crippen LogP contribution in [0.5, 0.6) is 0 Å². The topological polar surface area (TPSA) is 101 Å². The number of nitro groups is 1. The molecule has 0 atom stereocenters. The van der Waals surface area contributed by atoms with Gasteiger partial charge in [0.05, 0.1) is 4.92 Å². The molecule has 1 aliphatic heterocycles. The first-order chi connectivity index (χ1) is 8.72. The maximum Gasteiger partial charge on any atom is 0.328 e. The molecule has 0 saturated carbocycles. The van der Waals surface area contributed by atoms with E-state index in [0.717, 1.165) is 12.8 Å². The lowest BCUT2D eigenvalue weighted by atomic mass is 10.1. The van der Waals surface area contributed by atoms with Crippen molar-refractivity contribution in [3.05, 3.63) is 27.9 Å². The van der Waals surface area contributed by atoms with Crippen LogP contribution in [0.4, 0.5) is 11.5 Å². The average molecular weight is 248 g/mol. The Bertz CT molecular complexity index is 492. The van der Waals surface area contributed by atoms with Crippen molar-refractivity contribution in [1.29, 1.82) is 5.26 Å². The van der Waals surface area contributed by atoms with Crippen molar-refractivity contribution in [2.45, 2.75) is 18.9 Å². The molecule has 2 heterocycles. The van der Waals surface area contributed by atoms with Crippen LogP contribution in [0, 0.1) is 21.4 Å². The number of pyridine rings is 1. The number of aromatic nitrogens is 1. The number of anilines is 1. The fourth-order valence-electron chi connectivity index (χ4n) is 1.87. The van der Waals surface area contributed by atoms with Gasteiger partial charge in [0.15, 0.2) is 0 Å². The van der Waals surface area contributed by atoms with Crippen molar-refractivity contribution in [1.82, 2.24) is 4.98 Å². The van der Waals surface area contributed by atoms with Crippen LogP contribution in [0.2, 0.25) is 0 Å². The highest BCUT2D eigenvalue weighted by molar-refractivity contribution is 5.64. The molecular weight excluding hydrogens is 236 g/mol. The lowest BCUT2D eigenvalue weighted by Crippen LogP contribution is -2.28. The molecule has 0 amide bonds. The Hall–Kier alpha value is -2.20. The summed E-state index contributed by atoms with van der Waals surface area (Å²) < 4.78 is 5.21. The second-order valence-corrected chi connectivity index (χ2v) is 3.96. The van der Waals surface area contributed by atoms with E-state index in [9.17, 15) is 10.1 Å². The van der Waals surface area contributed by atoms with Crippen molar-refractivity contribution < 1.29 is 9.66 Å². The summed E-state index contributed by atoms with van der Waals surface area (Å²) in [5.74, 6) is 0.158. The summed E-state index contributed by atoms with van der Waals surface area (Å²) in [6, 6.07) is 3.24. The third-order valence-corrected chi connectivity index (χ3v) is 2.79. The molecule has 0 aliphatic carbocycles. The van der Waals surface area contributed by atoms with Gasteiger partial charge < -0.3 is 10.1 Å². The fraction of sp³-hybridized carbons (Fsp3) is 0.455. The summed E-state index contributed by atoms with van der Waals surface area (Å²) in [5.41, 5.74) is -0.240. The molecule has 0 aromatic carbocycles. The van der Waals surface area contributed by atoms with Gasteiger partial charge in [-0.1, -0.05) is 0 Å². The molecule has 1 aromatic rings. The van der Waals surface area contributed by atoms with E-state index in [2.05, 4.69) is 10.3 Å². The normalized spacial score (nSPS) is 15.9. The number of rotatable bonds is 3. The Kier molecular flexibility index (Phi) is 3.69. The highest BCUT2D eigenvalue weighted by Crippen LogP contribution is 2.27. The van der Waals surface area contributed by atoms with E-state index in [1.165, 1.54) is 12.3 Å². The van der Waals surface area contributed by atoms with E-state index in [0.29, 0.717) is 13.2 Å². The Balaban J connectivity index is 2.26. The Morgan fingerprint density at radius 1 is 1.56 bits per heavy atom. The third kappa shape index (κ3) is 2.55. The largest absolute Gasteiger partial charge is 0.381 e. The molecule has 2 rings (SSSR count). The maximum atomic E-state index is 11.0. The van der Waals surface area contributed by atoms with Gasteiger partial charge in [-0.3, -0.25) is 10.1 Å². The van der Waals surface area contributed by atoms with E-state index >= 15 is 0 Å². The maximum absolute atomic E-state index is 11.0. The lowest BCUT2D eigenvalue weighted by molar-refractivity contribution is -0.384. The first-order valence-electron chi connectivity index (χ1n) is 5.60. The van der Waals surface area contributed by atoms with Crippen molar-refractivity contribution >= 4 is 11.5 Å². The minimum absolute atomic E-state index is 0.0181. The summed E-state index contributed by atoms with van der Waals surface area (Å²) in [5, 5.41) is 22.9. The zero-order chi connectivity index (χ0) is 13.0. The van der Waals surface area contributed by atoms with E-state index < -0.39 is 4.92 Å². The number of hydrogen-bond acceptors (Lipinski definition) is 6. The molecule has 1 aromatic heterocycles. The first-order valence-corrected chi connectivity index (χ1v) is 5.60. The highest BCUT2D eigenvalue weighted by Gasteiger charge is 2.24. The van der Waals surface area contributed by atoms with Crippen LogP contribution >= 0.6 is 0 Å². The van der Waals surface area contributed by atoms with E-state index in [4.69, 9.17) is 10.00 Å². The summed E-state index contributed by atoms with van der Waals surface area (Å²) in [4.78, 5) is 14.4. The number of ether oxygens (including phenoxy) is 1. The van der Waals surface area contributed by atoms with Crippen molar-refractivity contribution in [2.24, 2.45) is 0 Å². The van der Waals surface area contributed by atoms with Crippen molar-refractivity contribution in [3.63, 3.8) is 0 Å². The smallest absolute Gasteiger partial charge is 0.328 e. The molecule has 94 valence electrons. The number of nitrogens with one attached hydrogen (secondary N) is 1. The molecule has 1 fully saturated rings. The van der Waals surface area contributed by atoms with Gasteiger partial charge in [0, 0.05) is 25.5 Å². The quantitative estimate of drug-likeness (QED) is 0.641. The Morgan fingerprint density at radius 3 is 2.89 bits per heavy atom. The summed E-state index contributed by atoms with van der Waals surface area (Å²) in [6.45, 7) is 1.26. The highest BCUT2D eigenvalue weighted by atomic mass is 16.6. The standard InChI is InChI=1S/C11H12N4O3/c12-7-8-1-4-13-11(10(8)15(16)17)14-9-2-5-18-6-3-9/h1,4,9H,2-3,5-6H2,(H,13,14). The van der Waals surface area contributed by atoms with Crippen LogP contribution in [-0.2, 0) is 4.74 Å². The van der Waals surface area contributed by atoms with Gasteiger partial charge in [-0.2, -0.15) is 5.26 Å². The molecule has 0 spiro atoms. The van der Waals surface area contributed by atoms with Gasteiger partial charge >= 0.3 is 5.69 Å². The fourth-order valence-corrected chi connectivity index (χ4v) is 1.87. The van der Waals surface area contributed by atoms with Crippen LogP contribution in [0.25, 0.3) is 0 Å². The third-order valence-electron chi connectivity index (χ3n) is 2.79. The number of nitriles is 1. The molecule has 7 nitrogen and oxygen atoms in total. The SMILES string of the molecule is N#Cc1ccnc(NC2CCOCC2)c1[N+](=O)[O-]. The van der Waals surface area contributed by atoms with Crippen LogP contribution in [-0.4, -0.2) is 29.2 Å². The zero-order valence-corrected chi connectivity index (χ0v) is 9.63. The second-order valence-electron chi connectivity index (χ2n) is 3.96. The zero-order valence-electron chi connectivity index (χ0n) is 9.63. The van der Waals surface area contributed by atoms with Crippen LogP contribution < -0.4 is 5.32 Å². The van der Waals surface area contributed by atoms with E-state index in [-0.39, 0.29) is 23.1 Å². The summed E-state index contributed by atoms with van der Waals surface area (Å²) >= 11 is 0. The Morgan fingerprint density at radius 2 is 2.28 bits per heavy atom. The monoisotopic (exact) mass is 248 g/mol. The van der Waals surface area contributed by atoms with Gasteiger partial charge in [-0.15, -0.1) is 0 Å². The summed E-state index contributed by atoms with van der Waals surface area (Å²) in [6.07, 6.45) is 2.94. The number of hydrogen-bond donors (Lipinski definition) is 1. The van der Waals surface area contributed by atoms with Gasteiger partial charge in [0.1, 0.15) is 11.6 Å². The van der Waals surface area contributed by atoms with Crippen LogP contribution in [0.3, 0.4) is 0 Å². The van der Waals surface area contributed by atoms with E-state index in [1.807, 2.05) is 6.07 Å². The van der Waals surface area contributed by atoms with Gasteiger partial charge in [0.2, 0.25) is 5.82 Å². The minimum atomic E-state index is -0.576. The summed E-state index contributed by atoms with van der Waals surface area (Å²) in [7, 11) is 0. The first kappa shape index (κ1) is 12.3. The molecule has 18 heavy (non-hydrogen) atoms. The van der Waals surface area contributed by atoms with Gasteiger partial charge in [0.25, 0.3) is 0 Å². The lowest BCUT2D eigenvalue weighted by Gasteiger charge is -2.23. The molecule has 0 bridgehead atoms. The molecule has 1 aliphatic rings. The van der Waals surface area contributed by atoms with Crippen molar-refractivity contribution in [2.75, 3.05) is 18.5 Å². The minimum Gasteiger partial charge on any atom is -0.381 e. The molecule has 0 radical (unpaired) electrons. The molecule has 1 N–H and O–H groups in total. The second kappa shape index (κ2) is 5.42. The molecule has 0 unspecified atom stereocenters. The van der Waals surface area contributed by atoms with E-state index in [1.54, 1.807) is 0 Å². The van der Waals surface area contributed by atoms with Crippen molar-refractivity contribution in [3.8, 4) is 6.07 Å². The molecule has 7 heteroatoms. The predicted octanol–water partition coefficient (Wildman–Crippen LogP) is 1.45. The van der Waals surface area contributed by atoms with Gasteiger partial charge in [-0.05, 0) is 18.9 Å².